The number of rotatable bonds is 6. The van der Waals surface area contributed by atoms with Crippen LogP contribution in [0.5, 0.6) is 5.75 Å². The molecular weight excluding hydrogens is 399 g/mol. The molecule has 4 rings (SSSR count). The van der Waals surface area contributed by atoms with Crippen LogP contribution in [-0.4, -0.2) is 26.8 Å². The van der Waals surface area contributed by atoms with E-state index in [9.17, 15) is 9.50 Å². The van der Waals surface area contributed by atoms with E-state index in [0.29, 0.717) is 17.0 Å². The first-order valence-electron chi connectivity index (χ1n) is 9.32. The summed E-state index contributed by atoms with van der Waals surface area (Å²) in [6, 6.07) is 16.1. The zero-order valence-electron chi connectivity index (χ0n) is 16.3. The highest BCUT2D eigenvalue weighted by Gasteiger charge is 2.19. The number of benzene rings is 2. The first-order valence-corrected chi connectivity index (χ1v) is 9.32. The summed E-state index contributed by atoms with van der Waals surface area (Å²) in [5.41, 5.74) is 8.76. The Morgan fingerprint density at radius 2 is 1.74 bits per heavy atom. The Bertz CT molecular complexity index is 1210. The molecular formula is C22H19FN6O2. The Balaban J connectivity index is 1.72. The number of halogens is 1. The molecule has 5 N–H and O–H groups in total. The smallest absolute Gasteiger partial charge is 0.274 e. The largest absolute Gasteiger partial charge is 0.508 e. The van der Waals surface area contributed by atoms with E-state index < -0.39 is 5.82 Å². The lowest BCUT2D eigenvalue weighted by Gasteiger charge is -2.22. The van der Waals surface area contributed by atoms with Gasteiger partial charge in [-0.3, -0.25) is 4.98 Å². The van der Waals surface area contributed by atoms with E-state index in [1.807, 2.05) is 0 Å². The molecule has 156 valence electrons. The van der Waals surface area contributed by atoms with E-state index in [1.165, 1.54) is 23.2 Å². The van der Waals surface area contributed by atoms with E-state index in [0.717, 1.165) is 5.56 Å². The molecule has 0 atom stereocenters. The van der Waals surface area contributed by atoms with Gasteiger partial charge >= 0.3 is 0 Å². The number of anilines is 1. The standard InChI is InChI=1S/C22H19FN6O2/c23-18-3-1-2-4-19(18)29(25)13-17(14-9-11-26-12-10-14)20(24)22-27-21(28-31-22)15-5-7-16(30)8-6-15/h1-12,30H,13,24-25H2/b20-17+. The maximum Gasteiger partial charge on any atom is 0.274 e. The molecule has 2 aromatic carbocycles. The number of nitrogens with zero attached hydrogens (tertiary/aromatic N) is 4. The fraction of sp³-hybridized carbons (Fsp3) is 0.0455. The van der Waals surface area contributed by atoms with Crippen LogP contribution in [0.2, 0.25) is 0 Å². The molecule has 0 aliphatic rings. The molecule has 2 aromatic heterocycles. The summed E-state index contributed by atoms with van der Waals surface area (Å²) in [5, 5.41) is 14.7. The van der Waals surface area contributed by atoms with Crippen molar-refractivity contribution in [3.05, 3.63) is 90.3 Å². The Kier molecular flexibility index (Phi) is 5.59. The van der Waals surface area contributed by atoms with Crippen LogP contribution in [0.4, 0.5) is 10.1 Å². The second kappa shape index (κ2) is 8.64. The number of aromatic nitrogens is 3. The van der Waals surface area contributed by atoms with Crippen LogP contribution in [0.3, 0.4) is 0 Å². The first kappa shape index (κ1) is 20.0. The molecule has 0 unspecified atom stereocenters. The summed E-state index contributed by atoms with van der Waals surface area (Å²) in [6.07, 6.45) is 3.23. The summed E-state index contributed by atoms with van der Waals surface area (Å²) < 4.78 is 19.6. The zero-order chi connectivity index (χ0) is 21.8. The van der Waals surface area contributed by atoms with Crippen LogP contribution in [0.1, 0.15) is 11.5 Å². The first-order chi connectivity index (χ1) is 15.0. The van der Waals surface area contributed by atoms with Crippen LogP contribution in [0.25, 0.3) is 22.7 Å². The molecule has 0 fully saturated rings. The Hall–Kier alpha value is -4.24. The van der Waals surface area contributed by atoms with E-state index in [2.05, 4.69) is 15.1 Å². The van der Waals surface area contributed by atoms with Gasteiger partial charge in [-0.15, -0.1) is 0 Å². The molecule has 0 amide bonds. The highest BCUT2D eigenvalue weighted by atomic mass is 19.1. The van der Waals surface area contributed by atoms with Crippen molar-refractivity contribution < 1.29 is 14.0 Å². The number of hydrazine groups is 1. The van der Waals surface area contributed by atoms with Crippen molar-refractivity contribution >= 4 is 17.0 Å². The van der Waals surface area contributed by atoms with Crippen LogP contribution < -0.4 is 16.6 Å². The van der Waals surface area contributed by atoms with Crippen molar-refractivity contribution in [3.63, 3.8) is 0 Å². The monoisotopic (exact) mass is 418 g/mol. The third-order valence-electron chi connectivity index (χ3n) is 4.63. The summed E-state index contributed by atoms with van der Waals surface area (Å²) in [7, 11) is 0. The lowest BCUT2D eigenvalue weighted by molar-refractivity contribution is 0.408. The van der Waals surface area contributed by atoms with Crippen molar-refractivity contribution in [2.45, 2.75) is 0 Å². The average Bonchev–Trinajstić information content (AvgIpc) is 3.28. The lowest BCUT2D eigenvalue weighted by Crippen LogP contribution is -2.34. The van der Waals surface area contributed by atoms with Gasteiger partial charge in [-0.2, -0.15) is 4.98 Å². The lowest BCUT2D eigenvalue weighted by atomic mass is 10.0. The van der Waals surface area contributed by atoms with Crippen LogP contribution in [-0.2, 0) is 0 Å². The molecule has 9 heteroatoms. The van der Waals surface area contributed by atoms with Gasteiger partial charge in [0, 0.05) is 23.5 Å². The molecule has 0 aliphatic heterocycles. The quantitative estimate of drug-likeness (QED) is 0.322. The normalized spacial score (nSPS) is 11.8. The molecule has 0 saturated heterocycles. The summed E-state index contributed by atoms with van der Waals surface area (Å²) >= 11 is 0. The number of pyridine rings is 1. The van der Waals surface area contributed by atoms with E-state index in [-0.39, 0.29) is 29.6 Å². The average molecular weight is 418 g/mol. The maximum atomic E-state index is 14.2. The SMILES string of the molecule is N/C(=C(\CN(N)c1ccccc1F)c1ccncc1)c1nc(-c2ccc(O)cc2)no1. The Morgan fingerprint density at radius 3 is 2.45 bits per heavy atom. The Morgan fingerprint density at radius 1 is 1.03 bits per heavy atom. The number of para-hydroxylation sites is 1. The number of phenols is 1. The highest BCUT2D eigenvalue weighted by Crippen LogP contribution is 2.27. The van der Waals surface area contributed by atoms with Gasteiger partial charge in [-0.25, -0.2) is 10.2 Å². The van der Waals surface area contributed by atoms with Gasteiger partial charge in [-0.1, -0.05) is 17.3 Å². The van der Waals surface area contributed by atoms with Crippen molar-refractivity contribution in [3.8, 4) is 17.1 Å². The Labute approximate surface area is 177 Å². The molecule has 0 bridgehead atoms. The van der Waals surface area contributed by atoms with E-state index in [4.69, 9.17) is 16.1 Å². The van der Waals surface area contributed by atoms with Crippen molar-refractivity contribution in [1.82, 2.24) is 15.1 Å². The number of hydrogen-bond donors (Lipinski definition) is 3. The van der Waals surface area contributed by atoms with Crippen molar-refractivity contribution in [1.29, 1.82) is 0 Å². The van der Waals surface area contributed by atoms with Gasteiger partial charge in [0.1, 0.15) is 17.3 Å². The number of phenolic OH excluding ortho intramolecular Hbond substituents is 1. The van der Waals surface area contributed by atoms with Gasteiger partial charge in [0.2, 0.25) is 5.82 Å². The van der Waals surface area contributed by atoms with Gasteiger partial charge in [0.25, 0.3) is 5.89 Å². The van der Waals surface area contributed by atoms with Crippen molar-refractivity contribution in [2.75, 3.05) is 11.6 Å². The molecule has 31 heavy (non-hydrogen) atoms. The molecule has 4 aromatic rings. The third kappa shape index (κ3) is 4.36. The fourth-order valence-corrected chi connectivity index (χ4v) is 3.01. The molecule has 8 nitrogen and oxygen atoms in total. The van der Waals surface area contributed by atoms with Crippen molar-refractivity contribution in [2.24, 2.45) is 11.6 Å². The minimum Gasteiger partial charge on any atom is -0.508 e. The highest BCUT2D eigenvalue weighted by molar-refractivity contribution is 5.89. The summed E-state index contributed by atoms with van der Waals surface area (Å²) in [5.74, 6) is 6.24. The third-order valence-corrected chi connectivity index (χ3v) is 4.63. The fourth-order valence-electron chi connectivity index (χ4n) is 3.01. The second-order valence-corrected chi connectivity index (χ2v) is 6.68. The van der Waals surface area contributed by atoms with Crippen LogP contribution in [0.15, 0.2) is 77.6 Å². The van der Waals surface area contributed by atoms with Gasteiger partial charge in [0.15, 0.2) is 0 Å². The van der Waals surface area contributed by atoms with Gasteiger partial charge in [-0.05, 0) is 54.1 Å². The van der Waals surface area contributed by atoms with Gasteiger partial charge in [0.05, 0.1) is 12.2 Å². The van der Waals surface area contributed by atoms with Crippen LogP contribution in [0, 0.1) is 5.82 Å². The summed E-state index contributed by atoms with van der Waals surface area (Å²) in [6.45, 7) is 0.0771. The summed E-state index contributed by atoms with van der Waals surface area (Å²) in [4.78, 5) is 8.38. The minimum atomic E-state index is -0.454. The number of aromatic hydroxyl groups is 1. The predicted molar refractivity (Wildman–Crippen MR) is 115 cm³/mol. The van der Waals surface area contributed by atoms with E-state index in [1.54, 1.807) is 54.9 Å². The van der Waals surface area contributed by atoms with E-state index >= 15 is 0 Å². The van der Waals surface area contributed by atoms with Crippen LogP contribution >= 0.6 is 0 Å². The predicted octanol–water partition coefficient (Wildman–Crippen LogP) is 3.18. The van der Waals surface area contributed by atoms with Gasteiger partial charge < -0.3 is 20.4 Å². The molecule has 0 aliphatic carbocycles. The zero-order valence-corrected chi connectivity index (χ0v) is 16.3. The topological polar surface area (TPSA) is 127 Å². The number of hydrogen-bond acceptors (Lipinski definition) is 8. The minimum absolute atomic E-state index is 0.0771. The maximum absolute atomic E-state index is 14.2. The molecule has 0 radical (unpaired) electrons. The molecule has 0 saturated carbocycles. The molecule has 2 heterocycles. The number of nitrogens with two attached hydrogens (primary N) is 2. The second-order valence-electron chi connectivity index (χ2n) is 6.68. The molecule has 0 spiro atoms.